The normalized spacial score (nSPS) is 13.1. The molecule has 1 aromatic carbocycles. The number of hydrogen-bond acceptors (Lipinski definition) is 1. The van der Waals surface area contributed by atoms with Crippen LogP contribution in [-0.4, -0.2) is 11.9 Å². The van der Waals surface area contributed by atoms with Crippen molar-refractivity contribution in [3.05, 3.63) is 35.4 Å². The van der Waals surface area contributed by atoms with Crippen LogP contribution in [0.25, 0.3) is 0 Å². The molecule has 0 aliphatic carbocycles. The van der Waals surface area contributed by atoms with Crippen molar-refractivity contribution in [3.63, 3.8) is 0 Å². The van der Waals surface area contributed by atoms with Gasteiger partial charge in [-0.05, 0) is 25.0 Å². The van der Waals surface area contributed by atoms with Crippen molar-refractivity contribution in [2.75, 3.05) is 0 Å². The third-order valence-electron chi connectivity index (χ3n) is 2.75. The smallest absolute Gasteiger partial charge is 0.353 e. The molecule has 0 aliphatic heterocycles. The van der Waals surface area contributed by atoms with E-state index in [1.165, 1.54) is 12.1 Å². The summed E-state index contributed by atoms with van der Waals surface area (Å²) in [5.74, 6) is -0.250. The van der Waals surface area contributed by atoms with Crippen LogP contribution in [0.15, 0.2) is 24.3 Å². The fourth-order valence-corrected chi connectivity index (χ4v) is 1.87. The van der Waals surface area contributed by atoms with Gasteiger partial charge < -0.3 is 5.32 Å². The van der Waals surface area contributed by atoms with Crippen LogP contribution >= 0.6 is 0 Å². The summed E-state index contributed by atoms with van der Waals surface area (Å²) in [7, 11) is 0. The minimum atomic E-state index is -4.37. The Hall–Kier alpha value is -1.52. The molecule has 0 saturated heterocycles. The second-order valence-electron chi connectivity index (χ2n) is 4.63. The number of rotatable bonds is 5. The Morgan fingerprint density at radius 2 is 2.05 bits per heavy atom. The minimum Gasteiger partial charge on any atom is -0.353 e. The predicted molar refractivity (Wildman–Crippen MR) is 67.7 cm³/mol. The van der Waals surface area contributed by atoms with Crippen molar-refractivity contribution in [3.8, 4) is 0 Å². The van der Waals surface area contributed by atoms with E-state index in [0.29, 0.717) is 5.56 Å². The molecule has 106 valence electrons. The minimum absolute atomic E-state index is 0.0298. The second kappa shape index (κ2) is 6.59. The highest BCUT2D eigenvalue weighted by Crippen LogP contribution is 2.29. The van der Waals surface area contributed by atoms with Crippen LogP contribution in [0.3, 0.4) is 0 Å². The largest absolute Gasteiger partial charge is 0.416 e. The Balaban J connectivity index is 2.65. The van der Waals surface area contributed by atoms with Crippen molar-refractivity contribution in [2.45, 2.75) is 45.3 Å². The van der Waals surface area contributed by atoms with E-state index in [2.05, 4.69) is 5.32 Å². The zero-order valence-corrected chi connectivity index (χ0v) is 11.1. The Kier molecular flexibility index (Phi) is 5.39. The molecule has 0 spiro atoms. The van der Waals surface area contributed by atoms with Gasteiger partial charge in [0.25, 0.3) is 0 Å². The van der Waals surface area contributed by atoms with Gasteiger partial charge in [-0.1, -0.05) is 31.5 Å². The van der Waals surface area contributed by atoms with E-state index in [4.69, 9.17) is 0 Å². The number of halogens is 3. The summed E-state index contributed by atoms with van der Waals surface area (Å²) in [5.41, 5.74) is -0.351. The van der Waals surface area contributed by atoms with E-state index in [0.717, 1.165) is 25.0 Å². The van der Waals surface area contributed by atoms with Crippen LogP contribution in [0.5, 0.6) is 0 Å². The van der Waals surface area contributed by atoms with E-state index in [9.17, 15) is 18.0 Å². The first-order chi connectivity index (χ1) is 8.82. The quantitative estimate of drug-likeness (QED) is 0.873. The molecule has 1 aromatic rings. The Morgan fingerprint density at radius 1 is 1.37 bits per heavy atom. The van der Waals surface area contributed by atoms with Crippen molar-refractivity contribution in [1.29, 1.82) is 0 Å². The lowest BCUT2D eigenvalue weighted by Gasteiger charge is -2.13. The van der Waals surface area contributed by atoms with Crippen molar-refractivity contribution < 1.29 is 18.0 Å². The first-order valence-corrected chi connectivity index (χ1v) is 6.28. The molecule has 0 aromatic heterocycles. The number of amides is 1. The molecule has 1 atom stereocenters. The highest BCUT2D eigenvalue weighted by Gasteiger charge is 2.30. The molecule has 0 aliphatic rings. The summed E-state index contributed by atoms with van der Waals surface area (Å²) in [6.07, 6.45) is -2.60. The van der Waals surface area contributed by atoms with Gasteiger partial charge in [0.2, 0.25) is 5.91 Å². The van der Waals surface area contributed by atoms with E-state index < -0.39 is 11.7 Å². The van der Waals surface area contributed by atoms with Crippen LogP contribution in [0.2, 0.25) is 0 Å². The number of carbonyl (C=O) groups is 1. The summed E-state index contributed by atoms with van der Waals surface area (Å²) in [6, 6.07) is 4.91. The van der Waals surface area contributed by atoms with E-state index >= 15 is 0 Å². The number of alkyl halides is 3. The van der Waals surface area contributed by atoms with Gasteiger partial charge in [0, 0.05) is 6.04 Å². The van der Waals surface area contributed by atoms with Crippen molar-refractivity contribution in [2.24, 2.45) is 0 Å². The Labute approximate surface area is 111 Å². The third kappa shape index (κ3) is 5.32. The van der Waals surface area contributed by atoms with Crippen LogP contribution in [0.4, 0.5) is 13.2 Å². The topological polar surface area (TPSA) is 29.1 Å². The lowest BCUT2D eigenvalue weighted by atomic mass is 10.1. The van der Waals surface area contributed by atoms with Crippen molar-refractivity contribution in [1.82, 2.24) is 5.32 Å². The molecule has 1 rings (SSSR count). The lowest BCUT2D eigenvalue weighted by molar-refractivity contribution is -0.137. The van der Waals surface area contributed by atoms with E-state index in [1.807, 2.05) is 13.8 Å². The molecule has 2 nitrogen and oxygen atoms in total. The zero-order valence-electron chi connectivity index (χ0n) is 11.1. The fraction of sp³-hybridized carbons (Fsp3) is 0.500. The monoisotopic (exact) mass is 273 g/mol. The molecular weight excluding hydrogens is 255 g/mol. The first-order valence-electron chi connectivity index (χ1n) is 6.28. The van der Waals surface area contributed by atoms with Gasteiger partial charge in [0.05, 0.1) is 12.0 Å². The van der Waals surface area contributed by atoms with Gasteiger partial charge in [0.1, 0.15) is 0 Å². The number of hydrogen-bond donors (Lipinski definition) is 1. The molecule has 0 unspecified atom stereocenters. The van der Waals surface area contributed by atoms with Gasteiger partial charge in [-0.3, -0.25) is 4.79 Å². The highest BCUT2D eigenvalue weighted by atomic mass is 19.4. The van der Waals surface area contributed by atoms with Crippen LogP contribution in [0, 0.1) is 0 Å². The zero-order chi connectivity index (χ0) is 14.5. The van der Waals surface area contributed by atoms with Gasteiger partial charge >= 0.3 is 6.18 Å². The first kappa shape index (κ1) is 15.5. The predicted octanol–water partition coefficient (Wildman–Crippen LogP) is 3.55. The molecular formula is C14H18F3NO. The van der Waals surface area contributed by atoms with Crippen molar-refractivity contribution >= 4 is 5.91 Å². The Bertz CT molecular complexity index is 429. The molecule has 0 bridgehead atoms. The third-order valence-corrected chi connectivity index (χ3v) is 2.75. The number of carbonyl (C=O) groups excluding carboxylic acids is 1. The fourth-order valence-electron chi connectivity index (χ4n) is 1.87. The van der Waals surface area contributed by atoms with Gasteiger partial charge in [-0.2, -0.15) is 13.2 Å². The van der Waals surface area contributed by atoms with Crippen LogP contribution in [0.1, 0.15) is 37.8 Å². The molecule has 0 fully saturated rings. The summed E-state index contributed by atoms with van der Waals surface area (Å²) in [4.78, 5) is 11.7. The molecule has 0 heterocycles. The van der Waals surface area contributed by atoms with Gasteiger partial charge in [-0.25, -0.2) is 0 Å². The average molecular weight is 273 g/mol. The molecule has 1 amide bonds. The highest BCUT2D eigenvalue weighted by molar-refractivity contribution is 5.78. The maximum absolute atomic E-state index is 12.5. The molecule has 0 radical (unpaired) electrons. The summed E-state index contributed by atoms with van der Waals surface area (Å²) in [6.45, 7) is 3.89. The molecule has 19 heavy (non-hydrogen) atoms. The standard InChI is InChI=1S/C14H18F3NO/c1-3-5-10(2)18-13(19)9-11-6-4-7-12(8-11)14(15,16)17/h4,6-8,10H,3,5,9H2,1-2H3,(H,18,19)/t10-/m0/s1. The van der Waals surface area contributed by atoms with Crippen LogP contribution < -0.4 is 5.32 Å². The van der Waals surface area contributed by atoms with Crippen LogP contribution in [-0.2, 0) is 17.4 Å². The number of benzene rings is 1. The number of nitrogens with one attached hydrogen (secondary N) is 1. The SMILES string of the molecule is CCC[C@H](C)NC(=O)Cc1cccc(C(F)(F)F)c1. The molecule has 0 saturated carbocycles. The van der Waals surface area contributed by atoms with Gasteiger partial charge in [0.15, 0.2) is 0 Å². The average Bonchev–Trinajstić information content (AvgIpc) is 2.28. The maximum Gasteiger partial charge on any atom is 0.416 e. The molecule has 1 N–H and O–H groups in total. The second-order valence-corrected chi connectivity index (χ2v) is 4.63. The van der Waals surface area contributed by atoms with Gasteiger partial charge in [-0.15, -0.1) is 0 Å². The summed E-state index contributed by atoms with van der Waals surface area (Å²) >= 11 is 0. The van der Waals surface area contributed by atoms with E-state index in [1.54, 1.807) is 0 Å². The summed E-state index contributed by atoms with van der Waals surface area (Å²) in [5, 5.41) is 2.77. The van der Waals surface area contributed by atoms with E-state index in [-0.39, 0.29) is 18.4 Å². The summed E-state index contributed by atoms with van der Waals surface area (Å²) < 4.78 is 37.5. The lowest BCUT2D eigenvalue weighted by Crippen LogP contribution is -2.33. The maximum atomic E-state index is 12.5. The Morgan fingerprint density at radius 3 is 2.63 bits per heavy atom. The molecule has 5 heteroatoms.